The van der Waals surface area contributed by atoms with Gasteiger partial charge in [0.1, 0.15) is 0 Å². The third-order valence-electron chi connectivity index (χ3n) is 4.22. The number of carbonyl (C=O) groups is 2. The molecular formula is C17H19N3O4. The molecule has 2 heterocycles. The Bertz CT molecular complexity index is 746. The SMILES string of the molecule is Cc1c(C(=O)Nc2ccc(C(=O)O)cc2)cnn1C1CCOCC1. The number of aromatic carboxylic acids is 1. The van der Waals surface area contributed by atoms with Crippen molar-refractivity contribution in [2.75, 3.05) is 18.5 Å². The highest BCUT2D eigenvalue weighted by molar-refractivity contribution is 6.05. The van der Waals surface area contributed by atoms with Crippen LogP contribution in [0.4, 0.5) is 5.69 Å². The molecule has 7 nitrogen and oxygen atoms in total. The van der Waals surface area contributed by atoms with E-state index in [4.69, 9.17) is 9.84 Å². The number of rotatable bonds is 4. The third kappa shape index (κ3) is 3.30. The van der Waals surface area contributed by atoms with Crippen molar-refractivity contribution >= 4 is 17.6 Å². The summed E-state index contributed by atoms with van der Waals surface area (Å²) in [6.07, 6.45) is 3.35. The molecule has 0 spiro atoms. The molecule has 1 saturated heterocycles. The molecule has 3 rings (SSSR count). The minimum absolute atomic E-state index is 0.177. The number of carboxylic acid groups (broad SMARTS) is 1. The average Bonchev–Trinajstić information content (AvgIpc) is 2.98. The first-order chi connectivity index (χ1) is 11.6. The number of nitrogens with one attached hydrogen (secondary N) is 1. The van der Waals surface area contributed by atoms with E-state index in [-0.39, 0.29) is 17.5 Å². The van der Waals surface area contributed by atoms with Crippen LogP contribution >= 0.6 is 0 Å². The van der Waals surface area contributed by atoms with Crippen LogP contribution in [0.1, 0.15) is 45.3 Å². The highest BCUT2D eigenvalue weighted by Gasteiger charge is 2.21. The number of hydrogen-bond donors (Lipinski definition) is 2. The summed E-state index contributed by atoms with van der Waals surface area (Å²) in [5, 5.41) is 16.0. The molecule has 24 heavy (non-hydrogen) atoms. The molecule has 1 aliphatic heterocycles. The Balaban J connectivity index is 1.73. The monoisotopic (exact) mass is 329 g/mol. The Kier molecular flexibility index (Phi) is 4.61. The smallest absolute Gasteiger partial charge is 0.335 e. The van der Waals surface area contributed by atoms with Gasteiger partial charge in [0, 0.05) is 24.6 Å². The number of amides is 1. The van der Waals surface area contributed by atoms with Gasteiger partial charge in [-0.3, -0.25) is 9.48 Å². The number of aromatic nitrogens is 2. The van der Waals surface area contributed by atoms with Gasteiger partial charge in [-0.25, -0.2) is 4.79 Å². The fraction of sp³-hybridized carbons (Fsp3) is 0.353. The van der Waals surface area contributed by atoms with E-state index in [1.807, 2.05) is 11.6 Å². The Morgan fingerprint density at radius 3 is 2.54 bits per heavy atom. The number of carbonyl (C=O) groups excluding carboxylic acids is 1. The molecular weight excluding hydrogens is 310 g/mol. The molecule has 0 saturated carbocycles. The molecule has 0 aliphatic carbocycles. The molecule has 7 heteroatoms. The highest BCUT2D eigenvalue weighted by atomic mass is 16.5. The van der Waals surface area contributed by atoms with Crippen molar-refractivity contribution in [2.24, 2.45) is 0 Å². The maximum Gasteiger partial charge on any atom is 0.335 e. The van der Waals surface area contributed by atoms with Gasteiger partial charge in [-0.05, 0) is 44.0 Å². The van der Waals surface area contributed by atoms with Gasteiger partial charge < -0.3 is 15.2 Å². The average molecular weight is 329 g/mol. The molecule has 0 radical (unpaired) electrons. The van der Waals surface area contributed by atoms with E-state index in [1.54, 1.807) is 18.3 Å². The predicted molar refractivity (Wildman–Crippen MR) is 87.4 cm³/mol. The van der Waals surface area contributed by atoms with Crippen molar-refractivity contribution < 1.29 is 19.4 Å². The van der Waals surface area contributed by atoms with Gasteiger partial charge >= 0.3 is 5.97 Å². The summed E-state index contributed by atoms with van der Waals surface area (Å²) in [5.41, 5.74) is 2.06. The van der Waals surface area contributed by atoms with E-state index in [0.29, 0.717) is 24.5 Å². The van der Waals surface area contributed by atoms with E-state index in [9.17, 15) is 9.59 Å². The van der Waals surface area contributed by atoms with Crippen molar-refractivity contribution in [1.82, 2.24) is 9.78 Å². The van der Waals surface area contributed by atoms with Crippen LogP contribution in [0, 0.1) is 6.92 Å². The first-order valence-electron chi connectivity index (χ1n) is 7.83. The van der Waals surface area contributed by atoms with Crippen LogP contribution in [0.3, 0.4) is 0 Å². The molecule has 1 amide bonds. The van der Waals surface area contributed by atoms with Crippen LogP contribution in [-0.4, -0.2) is 40.0 Å². The van der Waals surface area contributed by atoms with E-state index >= 15 is 0 Å². The number of anilines is 1. The fourth-order valence-corrected chi connectivity index (χ4v) is 2.84. The molecule has 2 aromatic rings. The van der Waals surface area contributed by atoms with Gasteiger partial charge in [0.05, 0.1) is 23.4 Å². The second-order valence-electron chi connectivity index (χ2n) is 5.77. The lowest BCUT2D eigenvalue weighted by Gasteiger charge is -2.23. The van der Waals surface area contributed by atoms with Gasteiger partial charge in [0.2, 0.25) is 0 Å². The van der Waals surface area contributed by atoms with E-state index in [2.05, 4.69) is 10.4 Å². The molecule has 1 fully saturated rings. The van der Waals surface area contributed by atoms with Gasteiger partial charge in [0.15, 0.2) is 0 Å². The van der Waals surface area contributed by atoms with E-state index < -0.39 is 5.97 Å². The topological polar surface area (TPSA) is 93.5 Å². The first-order valence-corrected chi connectivity index (χ1v) is 7.83. The lowest BCUT2D eigenvalue weighted by Crippen LogP contribution is -2.22. The zero-order valence-corrected chi connectivity index (χ0v) is 13.4. The van der Waals surface area contributed by atoms with Crippen LogP contribution in [0.5, 0.6) is 0 Å². The molecule has 1 aliphatic rings. The second kappa shape index (κ2) is 6.84. The van der Waals surface area contributed by atoms with Crippen LogP contribution in [-0.2, 0) is 4.74 Å². The number of ether oxygens (including phenoxy) is 1. The number of nitrogens with zero attached hydrogens (tertiary/aromatic N) is 2. The second-order valence-corrected chi connectivity index (χ2v) is 5.77. The summed E-state index contributed by atoms with van der Waals surface area (Å²) in [5.74, 6) is -1.25. The van der Waals surface area contributed by atoms with Crippen LogP contribution in [0.15, 0.2) is 30.5 Å². The summed E-state index contributed by atoms with van der Waals surface area (Å²) in [4.78, 5) is 23.3. The van der Waals surface area contributed by atoms with Gasteiger partial charge in [-0.1, -0.05) is 0 Å². The third-order valence-corrected chi connectivity index (χ3v) is 4.22. The Labute approximate surface area is 139 Å². The molecule has 0 unspecified atom stereocenters. The quantitative estimate of drug-likeness (QED) is 0.899. The number of hydrogen-bond acceptors (Lipinski definition) is 4. The summed E-state index contributed by atoms with van der Waals surface area (Å²) >= 11 is 0. The standard InChI is InChI=1S/C17H19N3O4/c1-11-15(10-18-20(11)14-6-8-24-9-7-14)16(21)19-13-4-2-12(3-5-13)17(22)23/h2-5,10,14H,6-9H2,1H3,(H,19,21)(H,22,23). The Morgan fingerprint density at radius 1 is 1.25 bits per heavy atom. The van der Waals surface area contributed by atoms with Gasteiger partial charge in [-0.2, -0.15) is 5.10 Å². The van der Waals surface area contributed by atoms with Crippen molar-refractivity contribution in [3.8, 4) is 0 Å². The maximum atomic E-state index is 12.4. The van der Waals surface area contributed by atoms with Crippen LogP contribution in [0.2, 0.25) is 0 Å². The van der Waals surface area contributed by atoms with E-state index in [0.717, 1.165) is 18.5 Å². The van der Waals surface area contributed by atoms with Crippen LogP contribution in [0.25, 0.3) is 0 Å². The van der Waals surface area contributed by atoms with Crippen molar-refractivity contribution in [1.29, 1.82) is 0 Å². The fourth-order valence-electron chi connectivity index (χ4n) is 2.84. The molecule has 126 valence electrons. The Morgan fingerprint density at radius 2 is 1.92 bits per heavy atom. The first kappa shape index (κ1) is 16.2. The number of carboxylic acids is 1. The minimum atomic E-state index is -0.999. The summed E-state index contributed by atoms with van der Waals surface area (Å²) in [6, 6.07) is 6.31. The zero-order chi connectivity index (χ0) is 17.1. The predicted octanol–water partition coefficient (Wildman–Crippen LogP) is 2.49. The molecule has 1 aromatic carbocycles. The number of benzene rings is 1. The lowest BCUT2D eigenvalue weighted by molar-refractivity contribution is 0.0656. The molecule has 0 bridgehead atoms. The zero-order valence-electron chi connectivity index (χ0n) is 13.4. The summed E-state index contributed by atoms with van der Waals surface area (Å²) in [7, 11) is 0. The maximum absolute atomic E-state index is 12.4. The lowest BCUT2D eigenvalue weighted by atomic mass is 10.1. The van der Waals surface area contributed by atoms with Crippen molar-refractivity contribution in [3.63, 3.8) is 0 Å². The largest absolute Gasteiger partial charge is 0.478 e. The van der Waals surface area contributed by atoms with Gasteiger partial charge in [0.25, 0.3) is 5.91 Å². The van der Waals surface area contributed by atoms with Gasteiger partial charge in [-0.15, -0.1) is 0 Å². The minimum Gasteiger partial charge on any atom is -0.478 e. The summed E-state index contributed by atoms with van der Waals surface area (Å²) < 4.78 is 7.25. The summed E-state index contributed by atoms with van der Waals surface area (Å²) in [6.45, 7) is 3.30. The Hall–Kier alpha value is -2.67. The molecule has 2 N–H and O–H groups in total. The van der Waals surface area contributed by atoms with Crippen LogP contribution < -0.4 is 5.32 Å². The molecule has 0 atom stereocenters. The van der Waals surface area contributed by atoms with Crippen molar-refractivity contribution in [2.45, 2.75) is 25.8 Å². The highest BCUT2D eigenvalue weighted by Crippen LogP contribution is 2.23. The normalized spacial score (nSPS) is 15.2. The van der Waals surface area contributed by atoms with Crippen molar-refractivity contribution in [3.05, 3.63) is 47.3 Å². The van der Waals surface area contributed by atoms with E-state index in [1.165, 1.54) is 12.1 Å². The molecule has 1 aromatic heterocycles.